The van der Waals surface area contributed by atoms with Gasteiger partial charge in [0, 0.05) is 37.5 Å². The lowest BCUT2D eigenvalue weighted by molar-refractivity contribution is 0.00552. The third kappa shape index (κ3) is 10.5. The van der Waals surface area contributed by atoms with Crippen molar-refractivity contribution in [3.05, 3.63) is 71.7 Å². The Morgan fingerprint density at radius 1 is 1.11 bits per heavy atom. The van der Waals surface area contributed by atoms with Crippen molar-refractivity contribution in [3.8, 4) is 23.3 Å². The van der Waals surface area contributed by atoms with Gasteiger partial charge in [-0.3, -0.25) is 0 Å². The highest BCUT2D eigenvalue weighted by molar-refractivity contribution is 5.42. The molecule has 3 aromatic rings. The lowest BCUT2D eigenvalue weighted by atomic mass is 9.85. The fourth-order valence-corrected chi connectivity index (χ4v) is 6.33. The lowest BCUT2D eigenvalue weighted by Crippen LogP contribution is -2.34. The minimum absolute atomic E-state index is 0.0728. The number of hydrogen-bond acceptors (Lipinski definition) is 8. The number of nitrogens with zero attached hydrogens (tertiary/aromatic N) is 2. The molecule has 0 saturated carbocycles. The molecular weight excluding hydrogens is 582 g/mol. The van der Waals surface area contributed by atoms with Crippen molar-refractivity contribution >= 4 is 5.82 Å². The molecule has 0 radical (unpaired) electrons. The molecule has 1 aliphatic rings. The Morgan fingerprint density at radius 2 is 1.93 bits per heavy atom. The van der Waals surface area contributed by atoms with Gasteiger partial charge in [-0.15, -0.1) is 5.92 Å². The zero-order chi connectivity index (χ0) is 32.9. The molecule has 0 aliphatic heterocycles. The van der Waals surface area contributed by atoms with E-state index in [0.29, 0.717) is 50.3 Å². The van der Waals surface area contributed by atoms with Crippen molar-refractivity contribution in [1.29, 1.82) is 0 Å². The van der Waals surface area contributed by atoms with E-state index in [2.05, 4.69) is 28.7 Å². The normalized spacial score (nSPS) is 21.4. The molecule has 250 valence electrons. The van der Waals surface area contributed by atoms with Crippen LogP contribution in [0.15, 0.2) is 54.9 Å². The van der Waals surface area contributed by atoms with E-state index in [1.807, 2.05) is 18.2 Å². The lowest BCUT2D eigenvalue weighted by Gasteiger charge is -2.30. The van der Waals surface area contributed by atoms with E-state index in [4.69, 9.17) is 10.5 Å². The number of ether oxygens (including phenoxy) is 1. The molecule has 7 N–H and O–H groups in total. The Balaban J connectivity index is 1.49. The van der Waals surface area contributed by atoms with E-state index < -0.39 is 24.4 Å². The van der Waals surface area contributed by atoms with Gasteiger partial charge < -0.3 is 41.0 Å². The van der Waals surface area contributed by atoms with Gasteiger partial charge in [0.25, 0.3) is 0 Å². The minimum atomic E-state index is -1.01. The third-order valence-corrected chi connectivity index (χ3v) is 9.18. The molecule has 46 heavy (non-hydrogen) atoms. The average Bonchev–Trinajstić information content (AvgIpc) is 3.56. The monoisotopic (exact) mass is 632 g/mol. The van der Waals surface area contributed by atoms with Crippen molar-refractivity contribution in [2.75, 3.05) is 12.3 Å². The molecule has 0 amide bonds. The van der Waals surface area contributed by atoms with E-state index >= 15 is 0 Å². The van der Waals surface area contributed by atoms with Crippen LogP contribution in [0.3, 0.4) is 0 Å². The summed E-state index contributed by atoms with van der Waals surface area (Å²) in [5.41, 5.74) is 8.65. The second kappa shape index (κ2) is 18.0. The summed E-state index contributed by atoms with van der Waals surface area (Å²) in [7, 11) is 0. The summed E-state index contributed by atoms with van der Waals surface area (Å²) in [5.74, 6) is 7.00. The number of nitrogen functional groups attached to an aromatic ring is 1. The Morgan fingerprint density at radius 3 is 2.67 bits per heavy atom. The number of phenolic OH excluding ortho intramolecular Hbond substituents is 1. The first kappa shape index (κ1) is 35.3. The number of nitrogens with two attached hydrogens (primary N) is 1. The van der Waals surface area contributed by atoms with Crippen molar-refractivity contribution < 1.29 is 30.3 Å². The summed E-state index contributed by atoms with van der Waals surface area (Å²) in [6, 6.07) is 12.6. The Labute approximate surface area is 272 Å². The number of benzene rings is 1. The standard InChI is InChI=1S/C37H50N3O6/c1-2-25-7-3-4-11-31(42)30(10-5-8-25)32(43)14-12-26-13-15-33(44)35(21-26)46-36(34(45)17-20-41)23-28(22-29-9-6-18-39-29)27-16-19-40-37(38)24-27/h6,9,13,15-16,18-19,21,24-25,28,30-32,34,36,41-45H,2-4,7,10-12,14,17,20,22-23H2,1H3,(H2,38,40)/q-1/t25-,28-,30-,31-,32+,34+,36+/m0/s1. The summed E-state index contributed by atoms with van der Waals surface area (Å²) in [4.78, 5) is 8.54. The first-order valence-corrected chi connectivity index (χ1v) is 16.7. The van der Waals surface area contributed by atoms with Crippen LogP contribution in [-0.2, 0) is 12.8 Å². The summed E-state index contributed by atoms with van der Waals surface area (Å²) in [6.07, 6.45) is 7.33. The van der Waals surface area contributed by atoms with Gasteiger partial charge in [0.1, 0.15) is 11.9 Å². The van der Waals surface area contributed by atoms with Crippen LogP contribution in [0.2, 0.25) is 0 Å². The number of rotatable bonds is 15. The van der Waals surface area contributed by atoms with Gasteiger partial charge in [0.2, 0.25) is 0 Å². The summed E-state index contributed by atoms with van der Waals surface area (Å²) in [6.45, 7) is 1.92. The average molecular weight is 633 g/mol. The number of phenols is 1. The fourth-order valence-electron chi connectivity index (χ4n) is 6.33. The SMILES string of the molecule is CC[C@@H]1C#CC[C@H]([C@H](O)CCc2ccc(O)c(O[C@H](C[C@H](Cc3ccc[n-]3)c3ccnc(N)c3)[C@H](O)CCO)c2)[C@@H](O)CCCC1. The van der Waals surface area contributed by atoms with Crippen molar-refractivity contribution in [2.45, 2.75) is 108 Å². The molecule has 0 spiro atoms. The molecule has 0 bridgehead atoms. The summed E-state index contributed by atoms with van der Waals surface area (Å²) >= 11 is 0. The second-order valence-electron chi connectivity index (χ2n) is 12.6. The van der Waals surface area contributed by atoms with Crippen LogP contribution >= 0.6 is 0 Å². The molecule has 2 aromatic heterocycles. The molecule has 1 aromatic carbocycles. The smallest absolute Gasteiger partial charge is 0.161 e. The van der Waals surface area contributed by atoms with Gasteiger partial charge in [-0.25, -0.2) is 4.98 Å². The Hall–Kier alpha value is -3.55. The molecule has 0 unspecified atom stereocenters. The number of aliphatic hydroxyl groups excluding tert-OH is 4. The number of aromatic nitrogens is 2. The maximum absolute atomic E-state index is 11.2. The van der Waals surface area contributed by atoms with Crippen molar-refractivity contribution in [2.24, 2.45) is 11.8 Å². The first-order chi connectivity index (χ1) is 22.3. The Bertz CT molecular complexity index is 1390. The molecule has 9 nitrogen and oxygen atoms in total. The number of aliphatic hydroxyl groups is 4. The van der Waals surface area contributed by atoms with Gasteiger partial charge in [-0.1, -0.05) is 43.9 Å². The van der Waals surface area contributed by atoms with Crippen LogP contribution in [0.4, 0.5) is 5.82 Å². The predicted molar refractivity (Wildman–Crippen MR) is 178 cm³/mol. The van der Waals surface area contributed by atoms with Gasteiger partial charge >= 0.3 is 0 Å². The zero-order valence-electron chi connectivity index (χ0n) is 26.8. The highest BCUT2D eigenvalue weighted by atomic mass is 16.5. The van der Waals surface area contributed by atoms with Crippen molar-refractivity contribution in [1.82, 2.24) is 9.97 Å². The van der Waals surface area contributed by atoms with Crippen LogP contribution in [0.5, 0.6) is 11.5 Å². The van der Waals surface area contributed by atoms with E-state index in [-0.39, 0.29) is 36.4 Å². The summed E-state index contributed by atoms with van der Waals surface area (Å²) in [5, 5.41) is 53.5. The van der Waals surface area contributed by atoms with Crippen LogP contribution in [0.1, 0.15) is 87.4 Å². The molecule has 2 heterocycles. The van der Waals surface area contributed by atoms with Gasteiger partial charge in [-0.05, 0) is 86.3 Å². The first-order valence-electron chi connectivity index (χ1n) is 16.7. The van der Waals surface area contributed by atoms with Crippen LogP contribution < -0.4 is 15.5 Å². The molecule has 4 rings (SSSR count). The molecule has 9 heteroatoms. The molecular formula is C37H50N3O6-. The quantitative estimate of drug-likeness (QED) is 0.132. The van der Waals surface area contributed by atoms with Crippen LogP contribution in [-0.4, -0.2) is 61.5 Å². The third-order valence-electron chi connectivity index (χ3n) is 9.18. The summed E-state index contributed by atoms with van der Waals surface area (Å²) < 4.78 is 6.32. The largest absolute Gasteiger partial charge is 0.668 e. The van der Waals surface area contributed by atoms with E-state index in [1.54, 1.807) is 36.7 Å². The van der Waals surface area contributed by atoms with Crippen LogP contribution in [0.25, 0.3) is 0 Å². The molecule has 0 fully saturated rings. The Kier molecular flexibility index (Phi) is 13.8. The predicted octanol–water partition coefficient (Wildman–Crippen LogP) is 4.50. The minimum Gasteiger partial charge on any atom is -0.668 e. The number of aryl methyl sites for hydroxylation is 1. The number of hydrogen-bond donors (Lipinski definition) is 6. The zero-order valence-corrected chi connectivity index (χ0v) is 26.8. The maximum atomic E-state index is 11.2. The highest BCUT2D eigenvalue weighted by Crippen LogP contribution is 2.34. The topological polar surface area (TPSA) is 163 Å². The van der Waals surface area contributed by atoms with Gasteiger partial charge in [0.15, 0.2) is 11.5 Å². The van der Waals surface area contributed by atoms with E-state index in [1.165, 1.54) is 0 Å². The van der Waals surface area contributed by atoms with Crippen LogP contribution in [0, 0.1) is 23.7 Å². The van der Waals surface area contributed by atoms with E-state index in [9.17, 15) is 25.5 Å². The maximum Gasteiger partial charge on any atom is 0.161 e. The fraction of sp³-hybridized carbons (Fsp3) is 0.541. The molecule has 7 atom stereocenters. The molecule has 1 aliphatic carbocycles. The number of anilines is 1. The molecule has 0 saturated heterocycles. The second-order valence-corrected chi connectivity index (χ2v) is 12.6. The highest BCUT2D eigenvalue weighted by Gasteiger charge is 2.29. The van der Waals surface area contributed by atoms with Gasteiger partial charge in [-0.2, -0.15) is 11.9 Å². The van der Waals surface area contributed by atoms with E-state index in [0.717, 1.165) is 42.5 Å². The van der Waals surface area contributed by atoms with Gasteiger partial charge in [0.05, 0.1) is 18.3 Å². The van der Waals surface area contributed by atoms with Crippen molar-refractivity contribution in [3.63, 3.8) is 0 Å². The number of aromatic hydroxyl groups is 1. The number of pyridine rings is 1.